The molecular weight excluding hydrogens is 398 g/mol. The predicted octanol–water partition coefficient (Wildman–Crippen LogP) is 3.29. The molecule has 1 aliphatic heterocycles. The molecule has 4 rings (SSSR count). The summed E-state index contributed by atoms with van der Waals surface area (Å²) in [6.45, 7) is 1.53. The Hall–Kier alpha value is -3.32. The van der Waals surface area contributed by atoms with Gasteiger partial charge in [-0.15, -0.1) is 0 Å². The minimum absolute atomic E-state index is 0.0389. The van der Waals surface area contributed by atoms with Crippen molar-refractivity contribution in [2.75, 3.05) is 34.0 Å². The van der Waals surface area contributed by atoms with E-state index in [1.807, 2.05) is 24.3 Å². The summed E-state index contributed by atoms with van der Waals surface area (Å²) in [5.74, 6) is 0.745. The van der Waals surface area contributed by atoms with Crippen LogP contribution < -0.4 is 20.4 Å². The summed E-state index contributed by atoms with van der Waals surface area (Å²) in [5.41, 5.74) is 0.259. The fourth-order valence-corrected chi connectivity index (χ4v) is 4.17. The second-order valence-electron chi connectivity index (χ2n) is 7.60. The predicted molar refractivity (Wildman–Crippen MR) is 116 cm³/mol. The molecule has 0 bridgehead atoms. The van der Waals surface area contributed by atoms with Crippen LogP contribution in [-0.2, 0) is 10.2 Å². The molecule has 1 saturated heterocycles. The number of carbonyl (C=O) groups excluding carboxylic acids is 1. The van der Waals surface area contributed by atoms with Crippen LogP contribution in [0, 0.1) is 0 Å². The number of nitrogens with one attached hydrogen (secondary N) is 1. The van der Waals surface area contributed by atoms with Crippen molar-refractivity contribution >= 4 is 16.9 Å². The summed E-state index contributed by atoms with van der Waals surface area (Å²) >= 11 is 0. The van der Waals surface area contributed by atoms with E-state index in [9.17, 15) is 9.59 Å². The minimum atomic E-state index is -0.701. The molecule has 1 fully saturated rings. The summed E-state index contributed by atoms with van der Waals surface area (Å²) in [4.78, 5) is 25.5. The topological polar surface area (TPSA) is 87.0 Å². The smallest absolute Gasteiger partial charge is 0.349 e. The molecule has 2 aromatic carbocycles. The quantitative estimate of drug-likeness (QED) is 0.613. The van der Waals surface area contributed by atoms with Crippen LogP contribution in [0.2, 0.25) is 0 Å². The molecule has 0 aliphatic carbocycles. The zero-order chi connectivity index (χ0) is 21.8. The van der Waals surface area contributed by atoms with Gasteiger partial charge in [-0.1, -0.05) is 30.3 Å². The van der Waals surface area contributed by atoms with Gasteiger partial charge >= 0.3 is 5.63 Å². The number of methoxy groups -OCH3 is 2. The highest BCUT2D eigenvalue weighted by molar-refractivity contribution is 5.97. The van der Waals surface area contributed by atoms with E-state index in [1.165, 1.54) is 7.11 Å². The van der Waals surface area contributed by atoms with Crippen LogP contribution in [0.15, 0.2) is 57.7 Å². The van der Waals surface area contributed by atoms with Gasteiger partial charge in [-0.3, -0.25) is 4.79 Å². The Morgan fingerprint density at radius 1 is 1.03 bits per heavy atom. The number of amides is 1. The van der Waals surface area contributed by atoms with E-state index in [2.05, 4.69) is 5.32 Å². The van der Waals surface area contributed by atoms with Crippen molar-refractivity contribution in [1.29, 1.82) is 0 Å². The number of hydrogen-bond acceptors (Lipinski definition) is 6. The number of carbonyl (C=O) groups is 1. The van der Waals surface area contributed by atoms with E-state index in [0.717, 1.165) is 24.2 Å². The number of hydrogen-bond donors (Lipinski definition) is 1. The van der Waals surface area contributed by atoms with Crippen LogP contribution in [0.5, 0.6) is 11.5 Å². The van der Waals surface area contributed by atoms with Crippen LogP contribution in [0.4, 0.5) is 0 Å². The average Bonchev–Trinajstić information content (AvgIpc) is 2.82. The maximum Gasteiger partial charge on any atom is 0.349 e. The van der Waals surface area contributed by atoms with E-state index >= 15 is 0 Å². The minimum Gasteiger partial charge on any atom is -0.496 e. The molecule has 1 N–H and O–H groups in total. The number of para-hydroxylation sites is 2. The normalized spacial score (nSPS) is 15.4. The molecule has 0 atom stereocenters. The van der Waals surface area contributed by atoms with Gasteiger partial charge in [0.05, 0.1) is 14.2 Å². The highest BCUT2D eigenvalue weighted by Crippen LogP contribution is 2.39. The molecule has 2 heterocycles. The fourth-order valence-electron chi connectivity index (χ4n) is 4.17. The van der Waals surface area contributed by atoms with E-state index in [-0.39, 0.29) is 11.0 Å². The Labute approximate surface area is 179 Å². The van der Waals surface area contributed by atoms with Crippen molar-refractivity contribution in [3.05, 3.63) is 70.1 Å². The van der Waals surface area contributed by atoms with Gasteiger partial charge in [0.1, 0.15) is 11.3 Å². The van der Waals surface area contributed by atoms with Crippen LogP contribution in [0.1, 0.15) is 28.8 Å². The zero-order valence-electron chi connectivity index (χ0n) is 17.6. The van der Waals surface area contributed by atoms with Crippen molar-refractivity contribution < 1.29 is 23.4 Å². The largest absolute Gasteiger partial charge is 0.496 e. The molecule has 0 saturated carbocycles. The van der Waals surface area contributed by atoms with Gasteiger partial charge in [-0.25, -0.2) is 4.79 Å². The second kappa shape index (κ2) is 8.81. The SMILES string of the molecule is COc1ccccc1C1(CNC(=O)c2cc3cccc(OC)c3oc2=O)CCOCC1. The van der Waals surface area contributed by atoms with Gasteiger partial charge in [0.15, 0.2) is 11.3 Å². The third-order valence-corrected chi connectivity index (χ3v) is 5.90. The van der Waals surface area contributed by atoms with Crippen molar-refractivity contribution in [1.82, 2.24) is 5.32 Å². The van der Waals surface area contributed by atoms with Crippen LogP contribution in [-0.4, -0.2) is 39.9 Å². The Morgan fingerprint density at radius 3 is 2.48 bits per heavy atom. The number of fused-ring (bicyclic) bond motifs is 1. The monoisotopic (exact) mass is 423 g/mol. The lowest BCUT2D eigenvalue weighted by atomic mass is 9.73. The third kappa shape index (κ3) is 4.01. The lowest BCUT2D eigenvalue weighted by Crippen LogP contribution is -2.45. The van der Waals surface area contributed by atoms with Crippen LogP contribution >= 0.6 is 0 Å². The maximum atomic E-state index is 13.0. The van der Waals surface area contributed by atoms with Crippen molar-refractivity contribution in [3.8, 4) is 11.5 Å². The van der Waals surface area contributed by atoms with Gasteiger partial charge in [0.25, 0.3) is 5.91 Å². The molecule has 0 spiro atoms. The Bertz CT molecular complexity index is 1150. The molecule has 7 nitrogen and oxygen atoms in total. The van der Waals surface area contributed by atoms with Gasteiger partial charge in [0.2, 0.25) is 0 Å². The maximum absolute atomic E-state index is 13.0. The van der Waals surface area contributed by atoms with Crippen LogP contribution in [0.25, 0.3) is 11.0 Å². The Morgan fingerprint density at radius 2 is 1.74 bits per heavy atom. The Balaban J connectivity index is 1.63. The number of benzene rings is 2. The molecule has 1 aromatic heterocycles. The molecule has 31 heavy (non-hydrogen) atoms. The van der Waals surface area contributed by atoms with Crippen molar-refractivity contribution in [2.24, 2.45) is 0 Å². The average molecular weight is 423 g/mol. The molecule has 162 valence electrons. The molecule has 0 unspecified atom stereocenters. The molecule has 1 aliphatic rings. The molecular formula is C24H25NO6. The first-order chi connectivity index (χ1) is 15.1. The lowest BCUT2D eigenvalue weighted by Gasteiger charge is -2.38. The highest BCUT2D eigenvalue weighted by Gasteiger charge is 2.37. The summed E-state index contributed by atoms with van der Waals surface area (Å²) in [7, 11) is 3.14. The summed E-state index contributed by atoms with van der Waals surface area (Å²) in [6.07, 6.45) is 1.47. The van der Waals surface area contributed by atoms with E-state index in [0.29, 0.717) is 36.5 Å². The van der Waals surface area contributed by atoms with Gasteiger partial charge in [-0.05, 0) is 31.0 Å². The van der Waals surface area contributed by atoms with Crippen molar-refractivity contribution in [2.45, 2.75) is 18.3 Å². The molecule has 7 heteroatoms. The summed E-state index contributed by atoms with van der Waals surface area (Å²) in [6, 6.07) is 14.6. The summed E-state index contributed by atoms with van der Waals surface area (Å²) < 4.78 is 21.8. The first-order valence-corrected chi connectivity index (χ1v) is 10.2. The Kier molecular flexibility index (Phi) is 5.95. The van der Waals surface area contributed by atoms with E-state index < -0.39 is 11.5 Å². The first kappa shape index (κ1) is 20.9. The highest BCUT2D eigenvalue weighted by atomic mass is 16.5. The van der Waals surface area contributed by atoms with Gasteiger partial charge in [-0.2, -0.15) is 0 Å². The summed E-state index contributed by atoms with van der Waals surface area (Å²) in [5, 5.41) is 3.57. The standard InChI is InChI=1S/C24H25NO6/c1-28-19-8-4-3-7-18(19)24(10-12-30-13-11-24)15-25-22(26)17-14-16-6-5-9-20(29-2)21(16)31-23(17)27/h3-9,14H,10-13,15H2,1-2H3,(H,25,26). The van der Waals surface area contributed by atoms with Gasteiger partial charge < -0.3 is 23.9 Å². The number of rotatable bonds is 6. The van der Waals surface area contributed by atoms with E-state index in [1.54, 1.807) is 31.4 Å². The third-order valence-electron chi connectivity index (χ3n) is 5.90. The zero-order valence-corrected chi connectivity index (χ0v) is 17.6. The molecule has 1 amide bonds. The second-order valence-corrected chi connectivity index (χ2v) is 7.60. The fraction of sp³-hybridized carbons (Fsp3) is 0.333. The molecule has 3 aromatic rings. The van der Waals surface area contributed by atoms with Gasteiger partial charge in [0, 0.05) is 36.1 Å². The van der Waals surface area contributed by atoms with Crippen molar-refractivity contribution in [3.63, 3.8) is 0 Å². The lowest BCUT2D eigenvalue weighted by molar-refractivity contribution is 0.0478. The number of ether oxygens (including phenoxy) is 3. The molecule has 0 radical (unpaired) electrons. The first-order valence-electron chi connectivity index (χ1n) is 10.2. The van der Waals surface area contributed by atoms with Crippen LogP contribution in [0.3, 0.4) is 0 Å². The van der Waals surface area contributed by atoms with E-state index in [4.69, 9.17) is 18.6 Å².